The van der Waals surface area contributed by atoms with Crippen LogP contribution in [0.4, 0.5) is 0 Å². The van der Waals surface area contributed by atoms with Gasteiger partial charge in [0.05, 0.1) is 30.0 Å². The third-order valence-corrected chi connectivity index (χ3v) is 6.76. The van der Waals surface area contributed by atoms with Crippen LogP contribution in [0.3, 0.4) is 0 Å². The summed E-state index contributed by atoms with van der Waals surface area (Å²) in [5.41, 5.74) is 3.19. The summed E-state index contributed by atoms with van der Waals surface area (Å²) in [5.74, 6) is 1.72. The molecule has 2 heterocycles. The smallest absolute Gasteiger partial charge is 0.200 e. The van der Waals surface area contributed by atoms with Crippen molar-refractivity contribution in [1.29, 1.82) is 0 Å². The fourth-order valence-electron chi connectivity index (χ4n) is 4.60. The fraction of sp³-hybridized carbons (Fsp3) is 0.296. The molecular formula is C27H27ClN2O4. The summed E-state index contributed by atoms with van der Waals surface area (Å²) >= 11 is 6.23. The third-order valence-electron chi connectivity index (χ3n) is 6.46. The summed E-state index contributed by atoms with van der Waals surface area (Å²) in [5, 5.41) is 1.56. The molecule has 0 spiro atoms. The van der Waals surface area contributed by atoms with Gasteiger partial charge in [-0.15, -0.1) is 0 Å². The Labute approximate surface area is 203 Å². The zero-order valence-electron chi connectivity index (χ0n) is 19.3. The van der Waals surface area contributed by atoms with E-state index in [1.165, 1.54) is 0 Å². The number of para-hydroxylation sites is 1. The number of benzene rings is 3. The Morgan fingerprint density at radius 1 is 0.882 bits per heavy atom. The van der Waals surface area contributed by atoms with Crippen molar-refractivity contribution in [2.24, 2.45) is 0 Å². The van der Waals surface area contributed by atoms with Gasteiger partial charge in [-0.1, -0.05) is 23.7 Å². The molecule has 0 atom stereocenters. The van der Waals surface area contributed by atoms with E-state index in [0.29, 0.717) is 27.0 Å². The SMILES string of the molecule is COc1ccc(OC)c(CN2CCN(Cc3ccc4oc5c(Cl)cccc5c(=O)c4c3)CC2)c1. The summed E-state index contributed by atoms with van der Waals surface area (Å²) < 4.78 is 16.8. The van der Waals surface area contributed by atoms with E-state index in [1.54, 1.807) is 32.4 Å². The molecule has 1 aliphatic heterocycles. The lowest BCUT2D eigenvalue weighted by Crippen LogP contribution is -2.45. The molecule has 0 unspecified atom stereocenters. The zero-order chi connectivity index (χ0) is 23.7. The lowest BCUT2D eigenvalue weighted by molar-refractivity contribution is 0.121. The van der Waals surface area contributed by atoms with Crippen LogP contribution in [-0.4, -0.2) is 50.2 Å². The molecule has 7 heteroatoms. The lowest BCUT2D eigenvalue weighted by atomic mass is 10.1. The number of methoxy groups -OCH3 is 2. The van der Waals surface area contributed by atoms with Gasteiger partial charge in [-0.3, -0.25) is 14.6 Å². The van der Waals surface area contributed by atoms with Gasteiger partial charge in [-0.25, -0.2) is 0 Å². The average molecular weight is 479 g/mol. The first-order valence-corrected chi connectivity index (χ1v) is 11.7. The van der Waals surface area contributed by atoms with Crippen LogP contribution < -0.4 is 14.9 Å². The monoisotopic (exact) mass is 478 g/mol. The largest absolute Gasteiger partial charge is 0.497 e. The number of halogens is 1. The van der Waals surface area contributed by atoms with Crippen molar-refractivity contribution >= 4 is 33.5 Å². The van der Waals surface area contributed by atoms with Crippen LogP contribution in [0.1, 0.15) is 11.1 Å². The number of hydrogen-bond acceptors (Lipinski definition) is 6. The fourth-order valence-corrected chi connectivity index (χ4v) is 4.81. The van der Waals surface area contributed by atoms with E-state index in [1.807, 2.05) is 36.4 Å². The topological polar surface area (TPSA) is 55.2 Å². The van der Waals surface area contributed by atoms with Gasteiger partial charge >= 0.3 is 0 Å². The van der Waals surface area contributed by atoms with Gasteiger partial charge in [0.1, 0.15) is 17.1 Å². The molecule has 6 nitrogen and oxygen atoms in total. The van der Waals surface area contributed by atoms with Gasteiger partial charge in [0.2, 0.25) is 5.43 Å². The van der Waals surface area contributed by atoms with Crippen molar-refractivity contribution in [3.8, 4) is 11.5 Å². The minimum absolute atomic E-state index is 0.0438. The van der Waals surface area contributed by atoms with E-state index in [0.717, 1.165) is 61.9 Å². The quantitative estimate of drug-likeness (QED) is 0.366. The molecule has 5 rings (SSSR count). The molecule has 0 aliphatic carbocycles. The van der Waals surface area contributed by atoms with Crippen LogP contribution in [-0.2, 0) is 13.1 Å². The summed E-state index contributed by atoms with van der Waals surface area (Å²) in [4.78, 5) is 17.9. The van der Waals surface area contributed by atoms with E-state index in [9.17, 15) is 4.79 Å². The van der Waals surface area contributed by atoms with Crippen molar-refractivity contribution in [1.82, 2.24) is 9.80 Å². The number of piperazine rings is 1. The summed E-state index contributed by atoms with van der Waals surface area (Å²) in [6.07, 6.45) is 0. The van der Waals surface area contributed by atoms with E-state index < -0.39 is 0 Å². The normalized spacial score (nSPS) is 15.1. The molecule has 0 bridgehead atoms. The molecule has 3 aromatic carbocycles. The van der Waals surface area contributed by atoms with E-state index in [-0.39, 0.29) is 5.43 Å². The van der Waals surface area contributed by atoms with Crippen LogP contribution in [0.5, 0.6) is 11.5 Å². The Kier molecular flexibility index (Phi) is 6.46. The van der Waals surface area contributed by atoms with Gasteiger partial charge in [0.25, 0.3) is 0 Å². The maximum atomic E-state index is 13.0. The average Bonchev–Trinajstić information content (AvgIpc) is 2.86. The minimum atomic E-state index is -0.0438. The van der Waals surface area contributed by atoms with Crippen molar-refractivity contribution < 1.29 is 13.9 Å². The lowest BCUT2D eigenvalue weighted by Gasteiger charge is -2.35. The van der Waals surface area contributed by atoms with Crippen molar-refractivity contribution in [3.63, 3.8) is 0 Å². The highest BCUT2D eigenvalue weighted by atomic mass is 35.5. The van der Waals surface area contributed by atoms with Crippen LogP contribution in [0, 0.1) is 0 Å². The van der Waals surface area contributed by atoms with Gasteiger partial charge in [0, 0.05) is 44.8 Å². The first kappa shape index (κ1) is 22.7. The molecule has 4 aromatic rings. The third kappa shape index (κ3) is 4.49. The van der Waals surface area contributed by atoms with Crippen LogP contribution in [0.2, 0.25) is 5.02 Å². The molecule has 0 N–H and O–H groups in total. The molecule has 1 saturated heterocycles. The summed E-state index contributed by atoms with van der Waals surface area (Å²) in [7, 11) is 3.38. The highest BCUT2D eigenvalue weighted by Crippen LogP contribution is 2.27. The molecule has 1 aliphatic rings. The predicted molar refractivity (Wildman–Crippen MR) is 135 cm³/mol. The summed E-state index contributed by atoms with van der Waals surface area (Å²) in [6.45, 7) is 5.43. The van der Waals surface area contributed by atoms with Crippen molar-refractivity contribution in [3.05, 3.63) is 81.0 Å². The number of rotatable bonds is 6. The van der Waals surface area contributed by atoms with Crippen LogP contribution in [0.15, 0.2) is 63.8 Å². The van der Waals surface area contributed by atoms with Gasteiger partial charge in [-0.05, 0) is 48.0 Å². The second-order valence-corrected chi connectivity index (χ2v) is 9.02. The zero-order valence-corrected chi connectivity index (χ0v) is 20.1. The standard InChI is InChI=1S/C27H27ClN2O4/c1-32-20-7-9-24(33-2)19(15-20)17-30-12-10-29(11-13-30)16-18-6-8-25-22(14-18)26(31)21-4-3-5-23(28)27(21)34-25/h3-9,14-15H,10-13,16-17H2,1-2H3. The molecule has 0 saturated carbocycles. The van der Waals surface area contributed by atoms with Gasteiger partial charge in [0.15, 0.2) is 5.58 Å². The molecular weight excluding hydrogens is 452 g/mol. The Hall–Kier alpha value is -3.06. The summed E-state index contributed by atoms with van der Waals surface area (Å²) in [6, 6.07) is 17.0. The number of hydrogen-bond donors (Lipinski definition) is 0. The van der Waals surface area contributed by atoms with Gasteiger partial charge in [-0.2, -0.15) is 0 Å². The van der Waals surface area contributed by atoms with E-state index in [4.69, 9.17) is 25.5 Å². The molecule has 0 amide bonds. The van der Waals surface area contributed by atoms with Crippen LogP contribution in [0.25, 0.3) is 21.9 Å². The molecule has 34 heavy (non-hydrogen) atoms. The Morgan fingerprint density at radius 3 is 2.38 bits per heavy atom. The van der Waals surface area contributed by atoms with Crippen molar-refractivity contribution in [2.75, 3.05) is 40.4 Å². The molecule has 1 fully saturated rings. The predicted octanol–water partition coefficient (Wildman–Crippen LogP) is 4.93. The number of nitrogens with zero attached hydrogens (tertiary/aromatic N) is 2. The van der Waals surface area contributed by atoms with E-state index in [2.05, 4.69) is 9.80 Å². The highest BCUT2D eigenvalue weighted by molar-refractivity contribution is 6.34. The highest BCUT2D eigenvalue weighted by Gasteiger charge is 2.19. The second kappa shape index (κ2) is 9.66. The Morgan fingerprint density at radius 2 is 1.65 bits per heavy atom. The van der Waals surface area contributed by atoms with E-state index >= 15 is 0 Å². The molecule has 176 valence electrons. The Bertz CT molecular complexity index is 1390. The first-order chi connectivity index (χ1) is 16.6. The maximum Gasteiger partial charge on any atom is 0.200 e. The number of fused-ring (bicyclic) bond motifs is 2. The molecule has 1 aromatic heterocycles. The minimum Gasteiger partial charge on any atom is -0.497 e. The number of ether oxygens (including phenoxy) is 2. The van der Waals surface area contributed by atoms with Crippen molar-refractivity contribution in [2.45, 2.75) is 13.1 Å². The Balaban J connectivity index is 1.28. The first-order valence-electron chi connectivity index (χ1n) is 11.4. The molecule has 0 radical (unpaired) electrons. The van der Waals surface area contributed by atoms with Crippen LogP contribution >= 0.6 is 11.6 Å². The maximum absolute atomic E-state index is 13.0. The second-order valence-electron chi connectivity index (χ2n) is 8.61. The van der Waals surface area contributed by atoms with Gasteiger partial charge < -0.3 is 13.9 Å².